The van der Waals surface area contributed by atoms with E-state index >= 15 is 0 Å². The molecule has 0 aromatic heterocycles. The summed E-state index contributed by atoms with van der Waals surface area (Å²) in [6, 6.07) is 3.67. The summed E-state index contributed by atoms with van der Waals surface area (Å²) >= 11 is 0. The summed E-state index contributed by atoms with van der Waals surface area (Å²) < 4.78 is 0. The number of phenols is 1. The topological polar surface area (TPSA) is 61.4 Å². The summed E-state index contributed by atoms with van der Waals surface area (Å²) in [5.41, 5.74) is 2.27. The third-order valence-corrected chi connectivity index (χ3v) is 3.84. The predicted octanol–water partition coefficient (Wildman–Crippen LogP) is 2.34. The first kappa shape index (κ1) is 13.9. The maximum absolute atomic E-state index is 12.0. The van der Waals surface area contributed by atoms with Crippen LogP contribution in [0.1, 0.15) is 30.4 Å². The highest BCUT2D eigenvalue weighted by atomic mass is 16.3. The van der Waals surface area contributed by atoms with Crippen molar-refractivity contribution in [2.75, 3.05) is 18.4 Å². The molecule has 1 heterocycles. The van der Waals surface area contributed by atoms with Crippen LogP contribution in [0.25, 0.3) is 0 Å². The van der Waals surface area contributed by atoms with E-state index in [9.17, 15) is 9.90 Å². The molecule has 0 radical (unpaired) electrons. The number of aromatic hydroxyl groups is 1. The van der Waals surface area contributed by atoms with Gasteiger partial charge in [-0.25, -0.2) is 0 Å². The number of anilines is 1. The molecule has 1 aliphatic rings. The standard InChI is InChI=1S/C15H22N2O2/c1-10-3-4-13(11(2)15(10)19)17-14(18)9-12-5-7-16-8-6-12/h3-4,12,16,19H,5-9H2,1-2H3,(H,17,18). The Balaban J connectivity index is 1.97. The third kappa shape index (κ3) is 3.47. The first-order chi connectivity index (χ1) is 9.08. The Morgan fingerprint density at radius 2 is 2.05 bits per heavy atom. The second kappa shape index (κ2) is 6.06. The molecule has 0 bridgehead atoms. The number of aryl methyl sites for hydroxylation is 1. The highest BCUT2D eigenvalue weighted by Crippen LogP contribution is 2.28. The van der Waals surface area contributed by atoms with E-state index in [0.717, 1.165) is 37.1 Å². The zero-order chi connectivity index (χ0) is 13.8. The Kier molecular flexibility index (Phi) is 4.43. The number of piperidine rings is 1. The van der Waals surface area contributed by atoms with Gasteiger partial charge in [-0.05, 0) is 57.3 Å². The molecular weight excluding hydrogens is 240 g/mol. The van der Waals surface area contributed by atoms with E-state index in [1.807, 2.05) is 26.0 Å². The van der Waals surface area contributed by atoms with Crippen molar-refractivity contribution in [1.29, 1.82) is 0 Å². The molecule has 0 saturated carbocycles. The van der Waals surface area contributed by atoms with Gasteiger partial charge in [-0.3, -0.25) is 4.79 Å². The van der Waals surface area contributed by atoms with Gasteiger partial charge in [0.25, 0.3) is 0 Å². The second-order valence-corrected chi connectivity index (χ2v) is 5.35. The number of hydrogen-bond donors (Lipinski definition) is 3. The van der Waals surface area contributed by atoms with Crippen molar-refractivity contribution in [3.63, 3.8) is 0 Å². The van der Waals surface area contributed by atoms with Gasteiger partial charge in [-0.1, -0.05) is 6.07 Å². The SMILES string of the molecule is Cc1ccc(NC(=O)CC2CCNCC2)c(C)c1O. The molecule has 19 heavy (non-hydrogen) atoms. The van der Waals surface area contributed by atoms with Gasteiger partial charge in [-0.2, -0.15) is 0 Å². The van der Waals surface area contributed by atoms with Crippen LogP contribution in [0, 0.1) is 19.8 Å². The predicted molar refractivity (Wildman–Crippen MR) is 76.4 cm³/mol. The molecule has 1 aromatic carbocycles. The average molecular weight is 262 g/mol. The molecule has 3 N–H and O–H groups in total. The minimum Gasteiger partial charge on any atom is -0.507 e. The van der Waals surface area contributed by atoms with E-state index in [1.165, 1.54) is 0 Å². The quantitative estimate of drug-likeness (QED) is 0.783. The number of carbonyl (C=O) groups excluding carboxylic acids is 1. The number of rotatable bonds is 3. The highest BCUT2D eigenvalue weighted by Gasteiger charge is 2.17. The van der Waals surface area contributed by atoms with Gasteiger partial charge in [0.05, 0.1) is 0 Å². The molecule has 1 fully saturated rings. The van der Waals surface area contributed by atoms with E-state index in [4.69, 9.17) is 0 Å². The Hall–Kier alpha value is -1.55. The van der Waals surface area contributed by atoms with Gasteiger partial charge in [-0.15, -0.1) is 0 Å². The van der Waals surface area contributed by atoms with Gasteiger partial charge < -0.3 is 15.7 Å². The fourth-order valence-corrected chi connectivity index (χ4v) is 2.52. The number of nitrogens with one attached hydrogen (secondary N) is 2. The van der Waals surface area contributed by atoms with Crippen molar-refractivity contribution in [2.24, 2.45) is 5.92 Å². The highest BCUT2D eigenvalue weighted by molar-refractivity contribution is 5.92. The van der Waals surface area contributed by atoms with Gasteiger partial charge in [0.15, 0.2) is 0 Å². The fraction of sp³-hybridized carbons (Fsp3) is 0.533. The first-order valence-electron chi connectivity index (χ1n) is 6.87. The molecule has 1 saturated heterocycles. The number of hydrogen-bond acceptors (Lipinski definition) is 3. The van der Waals surface area contributed by atoms with E-state index in [0.29, 0.717) is 18.0 Å². The average Bonchev–Trinajstić information content (AvgIpc) is 2.41. The Bertz CT molecular complexity index is 465. The Morgan fingerprint density at radius 1 is 1.37 bits per heavy atom. The summed E-state index contributed by atoms with van der Waals surface area (Å²) in [5, 5.41) is 16.1. The van der Waals surface area contributed by atoms with Crippen molar-refractivity contribution < 1.29 is 9.90 Å². The molecule has 0 spiro atoms. The van der Waals surface area contributed by atoms with Crippen LogP contribution in [-0.4, -0.2) is 24.1 Å². The van der Waals surface area contributed by atoms with Crippen LogP contribution in [0.4, 0.5) is 5.69 Å². The van der Waals surface area contributed by atoms with Crippen molar-refractivity contribution in [3.05, 3.63) is 23.3 Å². The third-order valence-electron chi connectivity index (χ3n) is 3.84. The molecule has 4 nitrogen and oxygen atoms in total. The minimum atomic E-state index is 0.0400. The van der Waals surface area contributed by atoms with Crippen LogP contribution in [-0.2, 0) is 4.79 Å². The molecule has 1 amide bonds. The Labute approximate surface area is 114 Å². The van der Waals surface area contributed by atoms with Crippen LogP contribution in [0.3, 0.4) is 0 Å². The lowest BCUT2D eigenvalue weighted by Gasteiger charge is -2.22. The summed E-state index contributed by atoms with van der Waals surface area (Å²) in [6.45, 7) is 5.68. The number of amides is 1. The lowest BCUT2D eigenvalue weighted by molar-refractivity contribution is -0.117. The van der Waals surface area contributed by atoms with Gasteiger partial charge in [0.1, 0.15) is 5.75 Å². The summed E-state index contributed by atoms with van der Waals surface area (Å²) in [6.07, 6.45) is 2.69. The monoisotopic (exact) mass is 262 g/mol. The molecule has 0 unspecified atom stereocenters. The molecule has 1 aromatic rings. The van der Waals surface area contributed by atoms with Gasteiger partial charge in [0, 0.05) is 17.7 Å². The number of phenolic OH excluding ortho intramolecular Hbond substituents is 1. The lowest BCUT2D eigenvalue weighted by atomic mass is 9.94. The van der Waals surface area contributed by atoms with E-state index in [-0.39, 0.29) is 11.7 Å². The number of carbonyl (C=O) groups is 1. The van der Waals surface area contributed by atoms with E-state index in [2.05, 4.69) is 10.6 Å². The summed E-state index contributed by atoms with van der Waals surface area (Å²) in [5.74, 6) is 0.776. The smallest absolute Gasteiger partial charge is 0.224 e. The van der Waals surface area contributed by atoms with Crippen molar-refractivity contribution in [3.8, 4) is 5.75 Å². The van der Waals surface area contributed by atoms with Crippen LogP contribution >= 0.6 is 0 Å². The Morgan fingerprint density at radius 3 is 2.74 bits per heavy atom. The maximum atomic E-state index is 12.0. The molecule has 0 aliphatic carbocycles. The summed E-state index contributed by atoms with van der Waals surface area (Å²) in [4.78, 5) is 12.0. The van der Waals surface area contributed by atoms with Crippen LogP contribution in [0.15, 0.2) is 12.1 Å². The van der Waals surface area contributed by atoms with Gasteiger partial charge >= 0.3 is 0 Å². The normalized spacial score (nSPS) is 16.3. The molecule has 4 heteroatoms. The zero-order valence-corrected chi connectivity index (χ0v) is 11.6. The molecule has 2 rings (SSSR count). The van der Waals surface area contributed by atoms with Gasteiger partial charge in [0.2, 0.25) is 5.91 Å². The lowest BCUT2D eigenvalue weighted by Crippen LogP contribution is -2.30. The summed E-state index contributed by atoms with van der Waals surface area (Å²) in [7, 11) is 0. The second-order valence-electron chi connectivity index (χ2n) is 5.35. The zero-order valence-electron chi connectivity index (χ0n) is 11.6. The minimum absolute atomic E-state index is 0.0400. The molecular formula is C15H22N2O2. The van der Waals surface area contributed by atoms with Crippen LogP contribution < -0.4 is 10.6 Å². The molecule has 1 aliphatic heterocycles. The first-order valence-corrected chi connectivity index (χ1v) is 6.87. The number of benzene rings is 1. The fourth-order valence-electron chi connectivity index (χ4n) is 2.52. The van der Waals surface area contributed by atoms with Crippen LogP contribution in [0.5, 0.6) is 5.75 Å². The maximum Gasteiger partial charge on any atom is 0.224 e. The van der Waals surface area contributed by atoms with Crippen LogP contribution in [0.2, 0.25) is 0 Å². The largest absolute Gasteiger partial charge is 0.507 e. The van der Waals surface area contributed by atoms with Crippen molar-refractivity contribution in [2.45, 2.75) is 33.1 Å². The van der Waals surface area contributed by atoms with E-state index < -0.39 is 0 Å². The molecule has 0 atom stereocenters. The van der Waals surface area contributed by atoms with Crippen molar-refractivity contribution >= 4 is 11.6 Å². The van der Waals surface area contributed by atoms with Crippen molar-refractivity contribution in [1.82, 2.24) is 5.32 Å². The molecule has 104 valence electrons. The van der Waals surface area contributed by atoms with E-state index in [1.54, 1.807) is 0 Å².